The summed E-state index contributed by atoms with van der Waals surface area (Å²) < 4.78 is 14.0. The first-order chi connectivity index (χ1) is 9.86. The number of carboxylic acid groups (broad SMARTS) is 1. The highest BCUT2D eigenvalue weighted by molar-refractivity contribution is 6.22. The Hall–Kier alpha value is -2.24. The molecule has 1 fully saturated rings. The van der Waals surface area contributed by atoms with E-state index in [0.717, 1.165) is 23.1 Å². The van der Waals surface area contributed by atoms with Crippen LogP contribution in [0.1, 0.15) is 43.5 Å². The summed E-state index contributed by atoms with van der Waals surface area (Å²) in [6.07, 6.45) is 0.977. The smallest absolute Gasteiger partial charge is 0.335 e. The molecule has 2 rings (SSSR count). The number of anilines is 1. The standard InChI is InChI=1S/C15H16FNO4/c1-3-15(4-2)8-12(18)17(14(15)21)11-7-9(13(19)20)5-6-10(11)16/h5-7H,3-4,8H2,1-2H3,(H,19,20). The highest BCUT2D eigenvalue weighted by Crippen LogP contribution is 2.41. The molecule has 1 aliphatic rings. The fraction of sp³-hybridized carbons (Fsp3) is 0.400. The van der Waals surface area contributed by atoms with E-state index in [1.165, 1.54) is 0 Å². The Morgan fingerprint density at radius 3 is 2.43 bits per heavy atom. The van der Waals surface area contributed by atoms with Gasteiger partial charge in [0.25, 0.3) is 0 Å². The number of amides is 2. The van der Waals surface area contributed by atoms with Crippen LogP contribution in [0.4, 0.5) is 10.1 Å². The van der Waals surface area contributed by atoms with Gasteiger partial charge in [-0.15, -0.1) is 0 Å². The highest BCUT2D eigenvalue weighted by atomic mass is 19.1. The van der Waals surface area contributed by atoms with Crippen molar-refractivity contribution < 1.29 is 23.9 Å². The number of imide groups is 1. The lowest BCUT2D eigenvalue weighted by atomic mass is 9.81. The molecular weight excluding hydrogens is 277 g/mol. The second-order valence-electron chi connectivity index (χ2n) is 5.17. The Morgan fingerprint density at radius 1 is 1.33 bits per heavy atom. The number of carbonyl (C=O) groups excluding carboxylic acids is 2. The van der Waals surface area contributed by atoms with E-state index in [4.69, 9.17) is 5.11 Å². The lowest BCUT2D eigenvalue weighted by Crippen LogP contribution is -2.35. The number of hydrogen-bond donors (Lipinski definition) is 1. The maximum Gasteiger partial charge on any atom is 0.335 e. The maximum atomic E-state index is 14.0. The Labute approximate surface area is 121 Å². The molecule has 0 bridgehead atoms. The third kappa shape index (κ3) is 2.30. The summed E-state index contributed by atoms with van der Waals surface area (Å²) in [6, 6.07) is 3.07. The van der Waals surface area contributed by atoms with Crippen molar-refractivity contribution in [2.75, 3.05) is 4.90 Å². The maximum absolute atomic E-state index is 14.0. The van der Waals surface area contributed by atoms with Gasteiger partial charge in [0.15, 0.2) is 0 Å². The van der Waals surface area contributed by atoms with Crippen LogP contribution in [0.3, 0.4) is 0 Å². The average Bonchev–Trinajstić information content (AvgIpc) is 2.71. The van der Waals surface area contributed by atoms with Gasteiger partial charge in [0.05, 0.1) is 16.7 Å². The van der Waals surface area contributed by atoms with Gasteiger partial charge in [-0.05, 0) is 31.0 Å². The predicted octanol–water partition coefficient (Wildman–Crippen LogP) is 2.59. The van der Waals surface area contributed by atoms with Gasteiger partial charge in [0.2, 0.25) is 11.8 Å². The van der Waals surface area contributed by atoms with Gasteiger partial charge in [-0.25, -0.2) is 14.1 Å². The van der Waals surface area contributed by atoms with Gasteiger partial charge in [-0.1, -0.05) is 13.8 Å². The van der Waals surface area contributed by atoms with Crippen LogP contribution in [0, 0.1) is 11.2 Å². The summed E-state index contributed by atoms with van der Waals surface area (Å²) >= 11 is 0. The fourth-order valence-corrected chi connectivity index (χ4v) is 2.66. The minimum absolute atomic E-state index is 0.0234. The van der Waals surface area contributed by atoms with E-state index in [1.807, 2.05) is 13.8 Å². The summed E-state index contributed by atoms with van der Waals surface area (Å²) in [5.41, 5.74) is -1.27. The average molecular weight is 293 g/mol. The van der Waals surface area contributed by atoms with E-state index in [-0.39, 0.29) is 17.7 Å². The van der Waals surface area contributed by atoms with Gasteiger partial charge in [-0.2, -0.15) is 0 Å². The molecule has 0 saturated carbocycles. The molecular formula is C15H16FNO4. The molecule has 1 N–H and O–H groups in total. The fourth-order valence-electron chi connectivity index (χ4n) is 2.66. The number of nitrogens with zero attached hydrogens (tertiary/aromatic N) is 1. The minimum Gasteiger partial charge on any atom is -0.478 e. The first kappa shape index (κ1) is 15.2. The topological polar surface area (TPSA) is 74.7 Å². The van der Waals surface area contributed by atoms with E-state index in [9.17, 15) is 18.8 Å². The molecule has 0 radical (unpaired) electrons. The van der Waals surface area contributed by atoms with Crippen LogP contribution in [0.2, 0.25) is 0 Å². The number of benzene rings is 1. The molecule has 0 atom stereocenters. The normalized spacial score (nSPS) is 17.4. The zero-order valence-corrected chi connectivity index (χ0v) is 11.9. The molecule has 0 aromatic heterocycles. The van der Waals surface area contributed by atoms with Gasteiger partial charge in [0.1, 0.15) is 5.82 Å². The number of rotatable bonds is 4. The summed E-state index contributed by atoms with van der Waals surface area (Å²) in [4.78, 5) is 36.4. The number of carbonyl (C=O) groups is 3. The molecule has 0 unspecified atom stereocenters. The lowest BCUT2D eigenvalue weighted by Gasteiger charge is -2.23. The summed E-state index contributed by atoms with van der Waals surface area (Å²) in [5, 5.41) is 8.96. The molecule has 21 heavy (non-hydrogen) atoms. The van der Waals surface area contributed by atoms with Crippen LogP contribution in [0.5, 0.6) is 0 Å². The van der Waals surface area contributed by atoms with Crippen LogP contribution in [-0.4, -0.2) is 22.9 Å². The number of carboxylic acids is 1. The Morgan fingerprint density at radius 2 is 1.95 bits per heavy atom. The predicted molar refractivity (Wildman–Crippen MR) is 73.5 cm³/mol. The minimum atomic E-state index is -1.24. The van der Waals surface area contributed by atoms with Crippen LogP contribution in [-0.2, 0) is 9.59 Å². The van der Waals surface area contributed by atoms with E-state index in [1.54, 1.807) is 0 Å². The largest absolute Gasteiger partial charge is 0.478 e. The Kier molecular flexibility index (Phi) is 3.80. The van der Waals surface area contributed by atoms with Gasteiger partial charge < -0.3 is 5.11 Å². The molecule has 1 heterocycles. The second-order valence-corrected chi connectivity index (χ2v) is 5.17. The van der Waals surface area contributed by atoms with Crippen molar-refractivity contribution in [1.29, 1.82) is 0 Å². The van der Waals surface area contributed by atoms with Crippen molar-refractivity contribution in [3.05, 3.63) is 29.6 Å². The van der Waals surface area contributed by atoms with Crippen molar-refractivity contribution in [1.82, 2.24) is 0 Å². The van der Waals surface area contributed by atoms with Crippen molar-refractivity contribution in [2.24, 2.45) is 5.41 Å². The third-order valence-corrected chi connectivity index (χ3v) is 4.18. The molecule has 1 aliphatic heterocycles. The Bertz CT molecular complexity index is 622. The van der Waals surface area contributed by atoms with Crippen molar-refractivity contribution in [3.63, 3.8) is 0 Å². The summed E-state index contributed by atoms with van der Waals surface area (Å²) in [6.45, 7) is 3.62. The monoisotopic (exact) mass is 293 g/mol. The molecule has 1 aromatic rings. The lowest BCUT2D eigenvalue weighted by molar-refractivity contribution is -0.126. The van der Waals surface area contributed by atoms with E-state index < -0.39 is 29.0 Å². The number of halogens is 1. The quantitative estimate of drug-likeness (QED) is 0.866. The van der Waals surface area contributed by atoms with Gasteiger partial charge in [0, 0.05) is 6.42 Å². The van der Waals surface area contributed by atoms with Gasteiger partial charge >= 0.3 is 5.97 Å². The first-order valence-corrected chi connectivity index (χ1v) is 6.76. The SMILES string of the molecule is CCC1(CC)CC(=O)N(c2cc(C(=O)O)ccc2F)C1=O. The number of hydrogen-bond acceptors (Lipinski definition) is 3. The van der Waals surface area contributed by atoms with Crippen LogP contribution < -0.4 is 4.90 Å². The molecule has 0 spiro atoms. The Balaban J connectivity index is 2.52. The van der Waals surface area contributed by atoms with E-state index >= 15 is 0 Å². The van der Waals surface area contributed by atoms with Crippen molar-refractivity contribution in [2.45, 2.75) is 33.1 Å². The molecule has 6 heteroatoms. The van der Waals surface area contributed by atoms with Gasteiger partial charge in [-0.3, -0.25) is 9.59 Å². The van der Waals surface area contributed by atoms with Crippen LogP contribution in [0.15, 0.2) is 18.2 Å². The summed E-state index contributed by atoms with van der Waals surface area (Å²) in [5.74, 6) is -2.98. The van der Waals surface area contributed by atoms with Crippen LogP contribution in [0.25, 0.3) is 0 Å². The van der Waals surface area contributed by atoms with Crippen molar-refractivity contribution in [3.8, 4) is 0 Å². The highest BCUT2D eigenvalue weighted by Gasteiger charge is 2.50. The van der Waals surface area contributed by atoms with Crippen molar-refractivity contribution >= 4 is 23.5 Å². The zero-order chi connectivity index (χ0) is 15.8. The zero-order valence-electron chi connectivity index (χ0n) is 11.9. The molecule has 1 aromatic carbocycles. The second kappa shape index (κ2) is 5.27. The first-order valence-electron chi connectivity index (χ1n) is 6.76. The molecule has 5 nitrogen and oxygen atoms in total. The number of aromatic carboxylic acids is 1. The van der Waals surface area contributed by atoms with E-state index in [0.29, 0.717) is 12.8 Å². The molecule has 1 saturated heterocycles. The molecule has 112 valence electrons. The molecule has 0 aliphatic carbocycles. The van der Waals surface area contributed by atoms with E-state index in [2.05, 4.69) is 0 Å². The summed E-state index contributed by atoms with van der Waals surface area (Å²) in [7, 11) is 0. The van der Waals surface area contributed by atoms with Crippen LogP contribution >= 0.6 is 0 Å². The molecule has 2 amide bonds. The third-order valence-electron chi connectivity index (χ3n) is 4.18.